The number of thioether (sulfide) groups is 1. The molecule has 2 aliphatic heterocycles. The molecule has 2 aliphatic rings. The summed E-state index contributed by atoms with van der Waals surface area (Å²) in [6.45, 7) is 4.27. The summed E-state index contributed by atoms with van der Waals surface area (Å²) < 4.78 is 5.46. The van der Waals surface area contributed by atoms with Crippen molar-refractivity contribution in [2.45, 2.75) is 30.7 Å². The molecule has 1 aromatic rings. The smallest absolute Gasteiger partial charge is 0.219 e. The van der Waals surface area contributed by atoms with Gasteiger partial charge in [0.1, 0.15) is 5.84 Å². The third-order valence-electron chi connectivity index (χ3n) is 4.71. The van der Waals surface area contributed by atoms with Gasteiger partial charge in [-0.15, -0.1) is 11.8 Å². The summed E-state index contributed by atoms with van der Waals surface area (Å²) in [5.74, 6) is 0.526. The van der Waals surface area contributed by atoms with Crippen LogP contribution in [0.1, 0.15) is 19.8 Å². The lowest BCUT2D eigenvalue weighted by molar-refractivity contribution is -0.128. The lowest BCUT2D eigenvalue weighted by Crippen LogP contribution is -2.43. The molecular formula is C19H26N4O2S. The molecule has 1 fully saturated rings. The van der Waals surface area contributed by atoms with Crippen LogP contribution in [0.3, 0.4) is 0 Å². The van der Waals surface area contributed by atoms with Gasteiger partial charge in [0, 0.05) is 42.7 Å². The second kappa shape index (κ2) is 8.60. The van der Waals surface area contributed by atoms with E-state index in [0.29, 0.717) is 31.6 Å². The normalized spacial score (nSPS) is 21.2. The van der Waals surface area contributed by atoms with Gasteiger partial charge in [-0.25, -0.2) is 4.99 Å². The zero-order valence-electron chi connectivity index (χ0n) is 15.3. The fourth-order valence-corrected chi connectivity index (χ4v) is 3.66. The van der Waals surface area contributed by atoms with E-state index in [0.717, 1.165) is 41.3 Å². The third kappa shape index (κ3) is 4.59. The summed E-state index contributed by atoms with van der Waals surface area (Å²) >= 11 is 1.67. The van der Waals surface area contributed by atoms with Crippen molar-refractivity contribution in [3.63, 3.8) is 0 Å². The highest BCUT2D eigenvalue weighted by atomic mass is 32.2. The Labute approximate surface area is 158 Å². The Bertz CT molecular complexity index is 726. The first-order valence-corrected chi connectivity index (χ1v) is 10.1. The Hall–Kier alpha value is -1.99. The van der Waals surface area contributed by atoms with Crippen LogP contribution in [0.15, 0.2) is 45.4 Å². The van der Waals surface area contributed by atoms with Gasteiger partial charge in [-0.1, -0.05) is 6.07 Å². The van der Waals surface area contributed by atoms with Crippen LogP contribution in [-0.2, 0) is 9.53 Å². The van der Waals surface area contributed by atoms with Crippen LogP contribution in [0.4, 0.5) is 5.69 Å². The van der Waals surface area contributed by atoms with E-state index in [1.807, 2.05) is 35.4 Å². The van der Waals surface area contributed by atoms with Crippen molar-refractivity contribution in [2.24, 2.45) is 10.7 Å². The van der Waals surface area contributed by atoms with Gasteiger partial charge in [-0.3, -0.25) is 4.79 Å². The average Bonchev–Trinajstić information content (AvgIpc) is 3.15. The quantitative estimate of drug-likeness (QED) is 0.470. The van der Waals surface area contributed by atoms with Gasteiger partial charge in [0.2, 0.25) is 5.91 Å². The fraction of sp³-hybridized carbons (Fsp3) is 0.474. The predicted molar refractivity (Wildman–Crippen MR) is 106 cm³/mol. The Balaban J connectivity index is 1.88. The van der Waals surface area contributed by atoms with Gasteiger partial charge in [-0.2, -0.15) is 0 Å². The Kier molecular flexibility index (Phi) is 6.21. The average molecular weight is 375 g/mol. The molecule has 7 heteroatoms. The molecule has 0 bridgehead atoms. The fourth-order valence-electron chi connectivity index (χ4n) is 3.21. The van der Waals surface area contributed by atoms with Crippen molar-refractivity contribution in [1.29, 1.82) is 0 Å². The molecule has 1 saturated heterocycles. The number of hydrogen-bond acceptors (Lipinski definition) is 5. The molecule has 3 N–H and O–H groups in total. The number of ether oxygens (including phenoxy) is 1. The molecule has 1 aromatic carbocycles. The third-order valence-corrected chi connectivity index (χ3v) is 5.44. The van der Waals surface area contributed by atoms with Gasteiger partial charge < -0.3 is 20.7 Å². The molecule has 1 atom stereocenters. The first-order valence-electron chi connectivity index (χ1n) is 8.87. The molecule has 3 rings (SSSR count). The molecule has 140 valence electrons. The Morgan fingerprint density at radius 1 is 1.46 bits per heavy atom. The summed E-state index contributed by atoms with van der Waals surface area (Å²) in [6, 6.07) is 8.28. The zero-order valence-corrected chi connectivity index (χ0v) is 16.1. The number of nitrogens with one attached hydrogen (secondary N) is 1. The van der Waals surface area contributed by atoms with Crippen LogP contribution in [0, 0.1) is 0 Å². The van der Waals surface area contributed by atoms with E-state index < -0.39 is 0 Å². The maximum absolute atomic E-state index is 11.8. The number of rotatable bonds is 5. The number of benzene rings is 1. The standard InChI is InChI=1S/C19H26N4O2S/c1-13(24)23-8-6-18(21-15-7-9-25-12-15)17(11-23)19(20)22-14-4-3-5-16(10-14)26-2/h3-5,10,15,21H,6-9,11-12H2,1-2H3,(H2,20,22). The highest BCUT2D eigenvalue weighted by Crippen LogP contribution is 2.23. The number of carbonyl (C=O) groups is 1. The summed E-state index contributed by atoms with van der Waals surface area (Å²) in [5, 5.41) is 3.57. The van der Waals surface area contributed by atoms with E-state index >= 15 is 0 Å². The predicted octanol–water partition coefficient (Wildman–Crippen LogP) is 2.28. The van der Waals surface area contributed by atoms with E-state index in [9.17, 15) is 4.79 Å². The van der Waals surface area contributed by atoms with Crippen molar-refractivity contribution in [3.8, 4) is 0 Å². The number of hydrogen-bond donors (Lipinski definition) is 2. The minimum atomic E-state index is 0.0583. The van der Waals surface area contributed by atoms with E-state index in [1.165, 1.54) is 0 Å². The first-order chi connectivity index (χ1) is 12.6. The summed E-state index contributed by atoms with van der Waals surface area (Å²) in [4.78, 5) is 19.4. The van der Waals surface area contributed by atoms with Gasteiger partial charge >= 0.3 is 0 Å². The van der Waals surface area contributed by atoms with Crippen LogP contribution in [-0.4, -0.2) is 55.2 Å². The molecule has 1 amide bonds. The number of amides is 1. The highest BCUT2D eigenvalue weighted by Gasteiger charge is 2.25. The van der Waals surface area contributed by atoms with E-state index in [-0.39, 0.29) is 5.91 Å². The zero-order chi connectivity index (χ0) is 18.5. The molecule has 0 aliphatic carbocycles. The lowest BCUT2D eigenvalue weighted by Gasteiger charge is -2.31. The molecule has 1 unspecified atom stereocenters. The number of carbonyl (C=O) groups excluding carboxylic acids is 1. The van der Waals surface area contributed by atoms with E-state index in [1.54, 1.807) is 18.7 Å². The molecule has 0 aromatic heterocycles. The minimum absolute atomic E-state index is 0.0583. The van der Waals surface area contributed by atoms with Crippen LogP contribution < -0.4 is 11.1 Å². The topological polar surface area (TPSA) is 80.0 Å². The van der Waals surface area contributed by atoms with E-state index in [4.69, 9.17) is 10.5 Å². The molecule has 2 heterocycles. The van der Waals surface area contributed by atoms with Gasteiger partial charge in [-0.05, 0) is 30.9 Å². The van der Waals surface area contributed by atoms with Crippen LogP contribution in [0.5, 0.6) is 0 Å². The summed E-state index contributed by atoms with van der Waals surface area (Å²) in [6.07, 6.45) is 3.78. The molecule has 0 saturated carbocycles. The van der Waals surface area contributed by atoms with E-state index in [2.05, 4.69) is 10.3 Å². The van der Waals surface area contributed by atoms with Crippen LogP contribution in [0.25, 0.3) is 0 Å². The lowest BCUT2D eigenvalue weighted by atomic mass is 10.0. The van der Waals surface area contributed by atoms with Gasteiger partial charge in [0.05, 0.1) is 24.9 Å². The SMILES string of the molecule is CSc1cccc(N=C(N)C2=C(NC3CCOC3)CCN(C(C)=O)C2)c1. The number of nitrogens with two attached hydrogens (primary N) is 1. The van der Waals surface area contributed by atoms with Crippen molar-refractivity contribution >= 4 is 29.2 Å². The molecule has 0 spiro atoms. The largest absolute Gasteiger partial charge is 0.383 e. The van der Waals surface area contributed by atoms with Gasteiger partial charge in [0.15, 0.2) is 0 Å². The summed E-state index contributed by atoms with van der Waals surface area (Å²) in [7, 11) is 0. The maximum atomic E-state index is 11.8. The van der Waals surface area contributed by atoms with Gasteiger partial charge in [0.25, 0.3) is 0 Å². The number of aliphatic imine (C=N–C) groups is 1. The molecule has 0 radical (unpaired) electrons. The minimum Gasteiger partial charge on any atom is -0.383 e. The molecule has 6 nitrogen and oxygen atoms in total. The number of amidine groups is 1. The number of nitrogens with zero attached hydrogens (tertiary/aromatic N) is 2. The highest BCUT2D eigenvalue weighted by molar-refractivity contribution is 7.98. The Morgan fingerprint density at radius 3 is 3.00 bits per heavy atom. The van der Waals surface area contributed by atoms with Crippen molar-refractivity contribution in [2.75, 3.05) is 32.6 Å². The monoisotopic (exact) mass is 374 g/mol. The Morgan fingerprint density at radius 2 is 2.31 bits per heavy atom. The first kappa shape index (κ1) is 18.8. The van der Waals surface area contributed by atoms with Crippen LogP contribution >= 0.6 is 11.8 Å². The second-order valence-electron chi connectivity index (χ2n) is 6.55. The molecule has 26 heavy (non-hydrogen) atoms. The second-order valence-corrected chi connectivity index (χ2v) is 7.43. The van der Waals surface area contributed by atoms with Crippen molar-refractivity contribution < 1.29 is 9.53 Å². The maximum Gasteiger partial charge on any atom is 0.219 e. The van der Waals surface area contributed by atoms with Crippen molar-refractivity contribution in [3.05, 3.63) is 35.5 Å². The van der Waals surface area contributed by atoms with Crippen LogP contribution in [0.2, 0.25) is 0 Å². The summed E-state index contributed by atoms with van der Waals surface area (Å²) in [5.41, 5.74) is 9.19. The molecular weight excluding hydrogens is 348 g/mol. The van der Waals surface area contributed by atoms with Crippen molar-refractivity contribution in [1.82, 2.24) is 10.2 Å².